The zero-order valence-electron chi connectivity index (χ0n) is 20.5. The fourth-order valence-corrected chi connectivity index (χ4v) is 4.84. The molecule has 4 rings (SSSR count). The van der Waals surface area contributed by atoms with E-state index in [2.05, 4.69) is 0 Å². The highest BCUT2D eigenvalue weighted by Gasteiger charge is 2.34. The predicted molar refractivity (Wildman–Crippen MR) is 134 cm³/mol. The molecule has 7 heteroatoms. The zero-order valence-corrected chi connectivity index (χ0v) is 20.5. The van der Waals surface area contributed by atoms with E-state index < -0.39 is 0 Å². The van der Waals surface area contributed by atoms with E-state index in [4.69, 9.17) is 4.42 Å². The number of amides is 2. The van der Waals surface area contributed by atoms with Crippen LogP contribution in [-0.2, 0) is 11.2 Å². The summed E-state index contributed by atoms with van der Waals surface area (Å²) in [5.41, 5.74) is 1.67. The van der Waals surface area contributed by atoms with E-state index in [9.17, 15) is 18.4 Å². The van der Waals surface area contributed by atoms with E-state index >= 15 is 0 Å². The van der Waals surface area contributed by atoms with Crippen LogP contribution >= 0.6 is 0 Å². The van der Waals surface area contributed by atoms with Gasteiger partial charge in [-0.3, -0.25) is 9.59 Å². The van der Waals surface area contributed by atoms with Crippen molar-refractivity contribution in [2.24, 2.45) is 5.92 Å². The molecule has 0 N–H and O–H groups in total. The molecule has 2 heterocycles. The Morgan fingerprint density at radius 3 is 2.53 bits per heavy atom. The van der Waals surface area contributed by atoms with Crippen molar-refractivity contribution < 1.29 is 22.8 Å². The molecule has 3 aromatic rings. The van der Waals surface area contributed by atoms with Crippen LogP contribution in [0.2, 0.25) is 0 Å². The quantitative estimate of drug-likeness (QED) is 0.409. The van der Waals surface area contributed by atoms with Crippen molar-refractivity contribution in [2.75, 3.05) is 20.1 Å². The van der Waals surface area contributed by atoms with Crippen molar-refractivity contribution in [1.29, 1.82) is 0 Å². The van der Waals surface area contributed by atoms with Gasteiger partial charge in [0.2, 0.25) is 5.91 Å². The number of carbonyl (C=O) groups excluding carboxylic acids is 2. The Hall–Kier alpha value is -3.74. The first kappa shape index (κ1) is 25.4. The SMILES string of the molecule is Cc1occc1C(=O)N(C)[C@H](Cc1ccccc1F)C1CCN(C(=O)/C=C/c2cccc(F)c2)CC1. The Balaban J connectivity index is 1.47. The average Bonchev–Trinajstić information content (AvgIpc) is 3.32. The van der Waals surface area contributed by atoms with Crippen molar-refractivity contribution in [1.82, 2.24) is 9.80 Å². The number of benzene rings is 2. The molecule has 2 aromatic carbocycles. The van der Waals surface area contributed by atoms with Crippen LogP contribution < -0.4 is 0 Å². The normalized spacial score (nSPS) is 15.3. The van der Waals surface area contributed by atoms with E-state index in [-0.39, 0.29) is 35.4 Å². The number of likely N-dealkylation sites (N-methyl/N-ethyl adjacent to an activating group) is 1. The highest BCUT2D eigenvalue weighted by molar-refractivity contribution is 5.95. The van der Waals surface area contributed by atoms with E-state index in [0.717, 1.165) is 0 Å². The third-order valence-electron chi connectivity index (χ3n) is 6.96. The average molecular weight is 493 g/mol. The second-order valence-corrected chi connectivity index (χ2v) is 9.22. The predicted octanol–water partition coefficient (Wildman–Crippen LogP) is 5.50. The van der Waals surface area contributed by atoms with Crippen LogP contribution in [0.15, 0.2) is 71.4 Å². The summed E-state index contributed by atoms with van der Waals surface area (Å²) in [6.45, 7) is 2.80. The number of hydrogen-bond donors (Lipinski definition) is 0. The lowest BCUT2D eigenvalue weighted by Gasteiger charge is -2.40. The minimum atomic E-state index is -0.351. The summed E-state index contributed by atoms with van der Waals surface area (Å²) in [7, 11) is 1.75. The Kier molecular flexibility index (Phi) is 7.98. The van der Waals surface area contributed by atoms with Gasteiger partial charge in [0.15, 0.2) is 0 Å². The van der Waals surface area contributed by atoms with Gasteiger partial charge in [0, 0.05) is 32.3 Å². The van der Waals surface area contributed by atoms with Crippen LogP contribution in [0.5, 0.6) is 0 Å². The molecule has 1 fully saturated rings. The second kappa shape index (κ2) is 11.3. The standard InChI is InChI=1S/C29H30F2N2O3/c1-20-25(14-17-36-20)29(35)32(2)27(19-23-7-3-4-9-26(23)31)22-12-15-33(16-13-22)28(34)11-10-21-6-5-8-24(30)18-21/h3-11,14,17-18,22,27H,12-13,15-16,19H2,1-2H3/b11-10+/t27-/m1/s1. The molecule has 0 unspecified atom stereocenters. The number of halogens is 2. The van der Waals surface area contributed by atoms with E-state index in [1.165, 1.54) is 30.5 Å². The minimum Gasteiger partial charge on any atom is -0.469 e. The maximum Gasteiger partial charge on any atom is 0.257 e. The molecule has 0 radical (unpaired) electrons. The van der Waals surface area contributed by atoms with Crippen molar-refractivity contribution >= 4 is 17.9 Å². The van der Waals surface area contributed by atoms with Crippen molar-refractivity contribution in [3.63, 3.8) is 0 Å². The van der Waals surface area contributed by atoms with Gasteiger partial charge in [-0.05, 0) is 73.6 Å². The summed E-state index contributed by atoms with van der Waals surface area (Å²) in [4.78, 5) is 29.4. The lowest BCUT2D eigenvalue weighted by molar-refractivity contribution is -0.127. The smallest absolute Gasteiger partial charge is 0.257 e. The van der Waals surface area contributed by atoms with Crippen LogP contribution in [-0.4, -0.2) is 47.8 Å². The first-order chi connectivity index (χ1) is 17.3. The molecule has 0 aliphatic carbocycles. The molecule has 1 atom stereocenters. The number of aryl methyl sites for hydroxylation is 1. The number of rotatable bonds is 7. The fraction of sp³-hybridized carbons (Fsp3) is 0.310. The highest BCUT2D eigenvalue weighted by atomic mass is 19.1. The monoisotopic (exact) mass is 492 g/mol. The Morgan fingerprint density at radius 1 is 1.11 bits per heavy atom. The summed E-state index contributed by atoms with van der Waals surface area (Å²) in [5.74, 6) is -0.321. The van der Waals surface area contributed by atoms with Gasteiger partial charge in [-0.2, -0.15) is 0 Å². The van der Waals surface area contributed by atoms with Crippen LogP contribution in [0, 0.1) is 24.5 Å². The van der Waals surface area contributed by atoms with Gasteiger partial charge in [0.1, 0.15) is 17.4 Å². The van der Waals surface area contributed by atoms with E-state index in [0.29, 0.717) is 54.8 Å². The molecule has 188 valence electrons. The molecule has 0 saturated carbocycles. The van der Waals surface area contributed by atoms with Gasteiger partial charge in [-0.15, -0.1) is 0 Å². The van der Waals surface area contributed by atoms with Crippen LogP contribution in [0.25, 0.3) is 6.08 Å². The molecule has 1 aliphatic rings. The Bertz CT molecular complexity index is 1240. The summed E-state index contributed by atoms with van der Waals surface area (Å²) >= 11 is 0. The third kappa shape index (κ3) is 5.90. The Morgan fingerprint density at radius 2 is 1.86 bits per heavy atom. The first-order valence-corrected chi connectivity index (χ1v) is 12.1. The van der Waals surface area contributed by atoms with E-state index in [1.807, 2.05) is 0 Å². The molecular formula is C29H30F2N2O3. The van der Waals surface area contributed by atoms with Gasteiger partial charge in [-0.1, -0.05) is 30.3 Å². The molecule has 5 nitrogen and oxygen atoms in total. The summed E-state index contributed by atoms with van der Waals surface area (Å²) in [6, 6.07) is 14.1. The largest absolute Gasteiger partial charge is 0.469 e. The molecule has 1 saturated heterocycles. The number of piperidine rings is 1. The zero-order chi connectivity index (χ0) is 25.7. The minimum absolute atomic E-state index is 0.0852. The Labute approximate surface area is 210 Å². The first-order valence-electron chi connectivity index (χ1n) is 12.1. The summed E-state index contributed by atoms with van der Waals surface area (Å²) in [6.07, 6.45) is 6.30. The third-order valence-corrected chi connectivity index (χ3v) is 6.96. The van der Waals surface area contributed by atoms with Gasteiger partial charge < -0.3 is 14.2 Å². The maximum atomic E-state index is 14.5. The summed E-state index contributed by atoms with van der Waals surface area (Å²) in [5, 5.41) is 0. The number of likely N-dealkylation sites (tertiary alicyclic amines) is 1. The summed E-state index contributed by atoms with van der Waals surface area (Å²) < 4.78 is 33.2. The van der Waals surface area contributed by atoms with Crippen LogP contribution in [0.1, 0.15) is 40.1 Å². The number of hydrogen-bond acceptors (Lipinski definition) is 3. The lowest BCUT2D eigenvalue weighted by Crippen LogP contribution is -2.48. The highest BCUT2D eigenvalue weighted by Crippen LogP contribution is 2.29. The number of furan rings is 1. The molecule has 0 bridgehead atoms. The fourth-order valence-electron chi connectivity index (χ4n) is 4.84. The van der Waals surface area contributed by atoms with Gasteiger partial charge in [0.05, 0.1) is 11.8 Å². The van der Waals surface area contributed by atoms with E-state index in [1.54, 1.807) is 66.2 Å². The number of carbonyl (C=O) groups is 2. The maximum absolute atomic E-state index is 14.5. The number of nitrogens with zero attached hydrogens (tertiary/aromatic N) is 2. The van der Waals surface area contributed by atoms with Gasteiger partial charge in [0.25, 0.3) is 5.91 Å². The molecular weight excluding hydrogens is 462 g/mol. The molecule has 36 heavy (non-hydrogen) atoms. The molecule has 1 aliphatic heterocycles. The van der Waals surface area contributed by atoms with Gasteiger partial charge in [-0.25, -0.2) is 8.78 Å². The van der Waals surface area contributed by atoms with Crippen LogP contribution in [0.4, 0.5) is 8.78 Å². The van der Waals surface area contributed by atoms with Crippen molar-refractivity contribution in [3.05, 3.63) is 101 Å². The molecule has 2 amide bonds. The lowest BCUT2D eigenvalue weighted by atomic mass is 9.84. The molecule has 1 aromatic heterocycles. The van der Waals surface area contributed by atoms with Crippen molar-refractivity contribution in [2.45, 2.75) is 32.2 Å². The topological polar surface area (TPSA) is 53.8 Å². The van der Waals surface area contributed by atoms with Crippen molar-refractivity contribution in [3.8, 4) is 0 Å². The van der Waals surface area contributed by atoms with Crippen LogP contribution in [0.3, 0.4) is 0 Å². The second-order valence-electron chi connectivity index (χ2n) is 9.22. The molecule has 0 spiro atoms. The van der Waals surface area contributed by atoms with Gasteiger partial charge >= 0.3 is 0 Å².